The maximum absolute atomic E-state index is 8.70. The van der Waals surface area contributed by atoms with E-state index in [1.54, 1.807) is 7.11 Å². The van der Waals surface area contributed by atoms with Crippen molar-refractivity contribution in [3.8, 4) is 6.07 Å². The van der Waals surface area contributed by atoms with Gasteiger partial charge in [0.1, 0.15) is 5.60 Å². The largest absolute Gasteiger partial charge is 0.370 e. The Morgan fingerprint density at radius 2 is 2.05 bits per heavy atom. The lowest BCUT2D eigenvalue weighted by molar-refractivity contribution is -0.0365. The number of nitrogens with zero attached hydrogens (tertiary/aromatic N) is 3. The molecule has 1 atom stereocenters. The average Bonchev–Trinajstić information content (AvgIpc) is 2.76. The number of rotatable bonds is 5. The molecule has 1 unspecified atom stereocenters. The van der Waals surface area contributed by atoms with E-state index >= 15 is 0 Å². The summed E-state index contributed by atoms with van der Waals surface area (Å²) < 4.78 is 11.1. The summed E-state index contributed by atoms with van der Waals surface area (Å²) >= 11 is 0. The average molecular weight is 277 g/mol. The third-order valence-corrected chi connectivity index (χ3v) is 4.14. The summed E-state index contributed by atoms with van der Waals surface area (Å²) in [6.45, 7) is 2.02. The van der Waals surface area contributed by atoms with Gasteiger partial charge in [0.05, 0.1) is 6.07 Å². The maximum Gasteiger partial charge on any atom is 0.227 e. The lowest BCUT2D eigenvalue weighted by Gasteiger charge is -2.27. The molecule has 1 aromatic heterocycles. The molecular weight excluding hydrogens is 254 g/mol. The van der Waals surface area contributed by atoms with E-state index in [1.807, 2.05) is 6.92 Å². The van der Waals surface area contributed by atoms with Crippen LogP contribution in [0.3, 0.4) is 0 Å². The van der Waals surface area contributed by atoms with Gasteiger partial charge in [0, 0.05) is 20.0 Å². The molecule has 1 heterocycles. The summed E-state index contributed by atoms with van der Waals surface area (Å²) in [7, 11) is 1.74. The number of hydrogen-bond acceptors (Lipinski definition) is 5. The minimum absolute atomic E-state index is 0.237. The number of hydrogen-bond donors (Lipinski definition) is 0. The molecule has 2 rings (SSSR count). The van der Waals surface area contributed by atoms with Crippen LogP contribution in [0.2, 0.25) is 0 Å². The van der Waals surface area contributed by atoms with E-state index in [4.69, 9.17) is 14.5 Å². The monoisotopic (exact) mass is 277 g/mol. The molecule has 0 spiro atoms. The van der Waals surface area contributed by atoms with E-state index in [1.165, 1.54) is 12.8 Å². The molecule has 0 N–H and O–H groups in total. The van der Waals surface area contributed by atoms with E-state index in [-0.39, 0.29) is 11.5 Å². The van der Waals surface area contributed by atoms with E-state index in [9.17, 15) is 0 Å². The molecule has 20 heavy (non-hydrogen) atoms. The van der Waals surface area contributed by atoms with E-state index in [0.29, 0.717) is 24.6 Å². The number of ether oxygens (including phenoxy) is 1. The first-order valence-electron chi connectivity index (χ1n) is 7.45. The lowest BCUT2D eigenvalue weighted by atomic mass is 9.93. The third kappa shape index (κ3) is 3.37. The number of methoxy groups -OCH3 is 1. The van der Waals surface area contributed by atoms with Crippen LogP contribution in [0, 0.1) is 17.2 Å². The zero-order valence-electron chi connectivity index (χ0n) is 12.4. The van der Waals surface area contributed by atoms with Gasteiger partial charge in [0.2, 0.25) is 11.7 Å². The van der Waals surface area contributed by atoms with E-state index in [2.05, 4.69) is 16.2 Å². The molecule has 0 aliphatic heterocycles. The standard InChI is InChI=1S/C15H23N3O2/c1-12(7-10-16)11-13-17-14(18-20-13)15(19-2)8-5-3-4-6-9-15/h12H,3-9,11H2,1-2H3. The normalized spacial score (nSPS) is 20.1. The highest BCUT2D eigenvalue weighted by Gasteiger charge is 2.37. The van der Waals surface area contributed by atoms with Crippen molar-refractivity contribution < 1.29 is 9.26 Å². The molecule has 1 saturated carbocycles. The smallest absolute Gasteiger partial charge is 0.227 e. The maximum atomic E-state index is 8.70. The molecule has 0 bridgehead atoms. The van der Waals surface area contributed by atoms with Gasteiger partial charge < -0.3 is 9.26 Å². The molecule has 1 aliphatic rings. The van der Waals surface area contributed by atoms with Crippen LogP contribution in [0.15, 0.2) is 4.52 Å². The highest BCUT2D eigenvalue weighted by molar-refractivity contribution is 5.03. The van der Waals surface area contributed by atoms with Gasteiger partial charge in [-0.1, -0.05) is 37.8 Å². The fourth-order valence-electron chi connectivity index (χ4n) is 2.87. The van der Waals surface area contributed by atoms with Crippen LogP contribution in [0.5, 0.6) is 0 Å². The van der Waals surface area contributed by atoms with Crippen molar-refractivity contribution in [3.05, 3.63) is 11.7 Å². The summed E-state index contributed by atoms with van der Waals surface area (Å²) in [6.07, 6.45) is 7.84. The molecule has 0 aromatic carbocycles. The second kappa shape index (κ2) is 6.85. The van der Waals surface area contributed by atoms with Gasteiger partial charge in [-0.3, -0.25) is 0 Å². The second-order valence-electron chi connectivity index (χ2n) is 5.80. The van der Waals surface area contributed by atoms with Crippen LogP contribution in [0.4, 0.5) is 0 Å². The predicted octanol–water partition coefficient (Wildman–Crippen LogP) is 3.36. The van der Waals surface area contributed by atoms with Crippen molar-refractivity contribution in [3.63, 3.8) is 0 Å². The van der Waals surface area contributed by atoms with Gasteiger partial charge in [0.15, 0.2) is 0 Å². The Balaban J connectivity index is 2.11. The minimum Gasteiger partial charge on any atom is -0.370 e. The molecule has 1 fully saturated rings. The predicted molar refractivity (Wildman–Crippen MR) is 73.8 cm³/mol. The van der Waals surface area contributed by atoms with Gasteiger partial charge in [-0.2, -0.15) is 10.2 Å². The highest BCUT2D eigenvalue weighted by Crippen LogP contribution is 2.37. The van der Waals surface area contributed by atoms with Crippen LogP contribution in [0.25, 0.3) is 0 Å². The molecule has 1 aliphatic carbocycles. The fraction of sp³-hybridized carbons (Fsp3) is 0.800. The van der Waals surface area contributed by atoms with Gasteiger partial charge >= 0.3 is 0 Å². The fourth-order valence-corrected chi connectivity index (χ4v) is 2.87. The summed E-state index contributed by atoms with van der Waals surface area (Å²) in [6, 6.07) is 2.17. The zero-order valence-corrected chi connectivity index (χ0v) is 12.4. The first-order valence-corrected chi connectivity index (χ1v) is 7.45. The summed E-state index contributed by atoms with van der Waals surface area (Å²) in [4.78, 5) is 4.53. The molecule has 0 saturated heterocycles. The van der Waals surface area contributed by atoms with Crippen LogP contribution in [-0.4, -0.2) is 17.3 Å². The Morgan fingerprint density at radius 3 is 2.65 bits per heavy atom. The first-order chi connectivity index (χ1) is 9.70. The zero-order chi connectivity index (χ0) is 14.4. The third-order valence-electron chi connectivity index (χ3n) is 4.14. The Morgan fingerprint density at radius 1 is 1.35 bits per heavy atom. The summed E-state index contributed by atoms with van der Waals surface area (Å²) in [5.41, 5.74) is -0.378. The Bertz CT molecular complexity index is 456. The van der Waals surface area contributed by atoms with Gasteiger partial charge in [-0.15, -0.1) is 0 Å². The van der Waals surface area contributed by atoms with Gasteiger partial charge in [-0.05, 0) is 18.8 Å². The van der Waals surface area contributed by atoms with Crippen LogP contribution in [0.1, 0.15) is 63.6 Å². The molecule has 1 aromatic rings. The molecule has 0 amide bonds. The van der Waals surface area contributed by atoms with Crippen molar-refractivity contribution in [2.24, 2.45) is 5.92 Å². The Hall–Kier alpha value is -1.41. The Kier molecular flexibility index (Phi) is 5.13. The van der Waals surface area contributed by atoms with Crippen LogP contribution in [-0.2, 0) is 16.8 Å². The topological polar surface area (TPSA) is 71.9 Å². The van der Waals surface area contributed by atoms with Crippen molar-refractivity contribution in [2.75, 3.05) is 7.11 Å². The first kappa shape index (κ1) is 15.0. The molecule has 5 heteroatoms. The van der Waals surface area contributed by atoms with Crippen molar-refractivity contribution >= 4 is 0 Å². The summed E-state index contributed by atoms with van der Waals surface area (Å²) in [5.74, 6) is 1.53. The quantitative estimate of drug-likeness (QED) is 0.772. The molecule has 0 radical (unpaired) electrons. The van der Waals surface area contributed by atoms with Crippen molar-refractivity contribution in [2.45, 2.75) is 63.9 Å². The number of nitriles is 1. The molecule has 110 valence electrons. The number of aromatic nitrogens is 2. The van der Waals surface area contributed by atoms with Crippen LogP contribution < -0.4 is 0 Å². The highest BCUT2D eigenvalue weighted by atomic mass is 16.5. The van der Waals surface area contributed by atoms with E-state index in [0.717, 1.165) is 25.7 Å². The molecular formula is C15H23N3O2. The lowest BCUT2D eigenvalue weighted by Crippen LogP contribution is -2.29. The van der Waals surface area contributed by atoms with Crippen molar-refractivity contribution in [1.29, 1.82) is 5.26 Å². The van der Waals surface area contributed by atoms with Gasteiger partial charge in [0.25, 0.3) is 0 Å². The van der Waals surface area contributed by atoms with Crippen molar-refractivity contribution in [1.82, 2.24) is 10.1 Å². The van der Waals surface area contributed by atoms with Crippen LogP contribution >= 0.6 is 0 Å². The SMILES string of the molecule is COC1(c2noc(CC(C)CC#N)n2)CCCCCC1. The van der Waals surface area contributed by atoms with E-state index < -0.39 is 0 Å². The summed E-state index contributed by atoms with van der Waals surface area (Å²) in [5, 5.41) is 12.8. The molecule has 5 nitrogen and oxygen atoms in total. The second-order valence-corrected chi connectivity index (χ2v) is 5.80. The van der Waals surface area contributed by atoms with Gasteiger partial charge in [-0.25, -0.2) is 0 Å². The Labute approximate surface area is 120 Å². The minimum atomic E-state index is -0.378.